The summed E-state index contributed by atoms with van der Waals surface area (Å²) in [5.41, 5.74) is 2.97. The standard InChI is InChI=1S/C23H29N3O6.C9H13N/c1-16-21(32-19-9-4-3-8-18(19)28-2)22(31-15-17-7-6-13-29-17)25-23(24-16)30-14-12-26-11-5-10-20(26)27;1-7(2)9-5-4-8(3)10-6-9/h3-4,8-9,17H,5-7,10-15H2,1-2H3;4-7H,1-3H3. The Labute approximate surface area is 248 Å². The molecule has 1 atom stereocenters. The first-order chi connectivity index (χ1) is 20.3. The number of methoxy groups -OCH3 is 1. The second-order valence-corrected chi connectivity index (χ2v) is 10.6. The molecule has 1 aromatic carbocycles. The Morgan fingerprint density at radius 1 is 1.05 bits per heavy atom. The largest absolute Gasteiger partial charge is 0.493 e. The Kier molecular flexibility index (Phi) is 11.3. The van der Waals surface area contributed by atoms with Gasteiger partial charge >= 0.3 is 6.01 Å². The Balaban J connectivity index is 0.000000343. The number of hydrogen-bond acceptors (Lipinski definition) is 9. The lowest BCUT2D eigenvalue weighted by Crippen LogP contribution is -2.29. The fraction of sp³-hybridized carbons (Fsp3) is 0.500. The van der Waals surface area contributed by atoms with Crippen molar-refractivity contribution < 1.29 is 28.5 Å². The number of aryl methyl sites for hydroxylation is 2. The minimum Gasteiger partial charge on any atom is -0.493 e. The van der Waals surface area contributed by atoms with Crippen molar-refractivity contribution in [1.29, 1.82) is 0 Å². The number of likely N-dealkylation sites (tertiary alicyclic amines) is 1. The Hall–Kier alpha value is -3.92. The van der Waals surface area contributed by atoms with Gasteiger partial charge in [-0.25, -0.2) is 0 Å². The molecule has 2 aromatic heterocycles. The molecular formula is C32H42N4O6. The molecule has 1 amide bonds. The van der Waals surface area contributed by atoms with Crippen molar-refractivity contribution in [3.8, 4) is 29.1 Å². The summed E-state index contributed by atoms with van der Waals surface area (Å²) in [5, 5.41) is 0. The van der Waals surface area contributed by atoms with E-state index in [0.717, 1.165) is 38.1 Å². The topological polar surface area (TPSA) is 105 Å². The molecule has 5 rings (SSSR count). The fourth-order valence-electron chi connectivity index (χ4n) is 4.56. The van der Waals surface area contributed by atoms with Crippen LogP contribution < -0.4 is 18.9 Å². The molecule has 2 saturated heterocycles. The van der Waals surface area contributed by atoms with Crippen molar-refractivity contribution >= 4 is 5.91 Å². The molecule has 4 heterocycles. The van der Waals surface area contributed by atoms with Crippen LogP contribution >= 0.6 is 0 Å². The summed E-state index contributed by atoms with van der Waals surface area (Å²) >= 11 is 0. The van der Waals surface area contributed by atoms with Crippen molar-refractivity contribution in [2.75, 3.05) is 40.0 Å². The highest BCUT2D eigenvalue weighted by Gasteiger charge is 2.23. The average Bonchev–Trinajstić information content (AvgIpc) is 3.66. The van der Waals surface area contributed by atoms with Gasteiger partial charge in [0.05, 0.1) is 25.5 Å². The number of benzene rings is 1. The number of para-hydroxylation sites is 2. The van der Waals surface area contributed by atoms with E-state index in [0.29, 0.717) is 55.0 Å². The van der Waals surface area contributed by atoms with E-state index < -0.39 is 0 Å². The predicted molar refractivity (Wildman–Crippen MR) is 159 cm³/mol. The summed E-state index contributed by atoms with van der Waals surface area (Å²) in [4.78, 5) is 26.7. The third kappa shape index (κ3) is 8.79. The van der Waals surface area contributed by atoms with Gasteiger partial charge in [-0.1, -0.05) is 32.0 Å². The number of pyridine rings is 1. The van der Waals surface area contributed by atoms with Crippen LogP contribution in [0.2, 0.25) is 0 Å². The van der Waals surface area contributed by atoms with Crippen molar-refractivity contribution in [1.82, 2.24) is 19.9 Å². The first-order valence-corrected chi connectivity index (χ1v) is 14.6. The van der Waals surface area contributed by atoms with Crippen LogP contribution in [0.25, 0.3) is 0 Å². The van der Waals surface area contributed by atoms with E-state index in [1.807, 2.05) is 38.2 Å². The molecule has 0 radical (unpaired) electrons. The number of nitrogens with zero attached hydrogens (tertiary/aromatic N) is 4. The van der Waals surface area contributed by atoms with E-state index >= 15 is 0 Å². The van der Waals surface area contributed by atoms with Crippen LogP contribution in [0, 0.1) is 13.8 Å². The summed E-state index contributed by atoms with van der Waals surface area (Å²) in [6.45, 7) is 10.8. The van der Waals surface area contributed by atoms with Gasteiger partial charge in [-0.2, -0.15) is 9.97 Å². The van der Waals surface area contributed by atoms with Crippen LogP contribution in [-0.2, 0) is 9.53 Å². The highest BCUT2D eigenvalue weighted by Crippen LogP contribution is 2.38. The molecule has 226 valence electrons. The number of carbonyl (C=O) groups is 1. The van der Waals surface area contributed by atoms with Gasteiger partial charge in [-0.3, -0.25) is 9.78 Å². The Bertz CT molecular complexity index is 1290. The molecule has 2 aliphatic heterocycles. The monoisotopic (exact) mass is 578 g/mol. The predicted octanol–water partition coefficient (Wildman–Crippen LogP) is 5.66. The van der Waals surface area contributed by atoms with Crippen LogP contribution in [0.15, 0.2) is 42.6 Å². The summed E-state index contributed by atoms with van der Waals surface area (Å²) < 4.78 is 28.9. The third-order valence-corrected chi connectivity index (χ3v) is 7.06. The Morgan fingerprint density at radius 3 is 2.50 bits per heavy atom. The lowest BCUT2D eigenvalue weighted by molar-refractivity contribution is -0.128. The number of hydrogen-bond donors (Lipinski definition) is 0. The van der Waals surface area contributed by atoms with Gasteiger partial charge < -0.3 is 28.6 Å². The van der Waals surface area contributed by atoms with Gasteiger partial charge in [-0.15, -0.1) is 0 Å². The number of aromatic nitrogens is 3. The van der Waals surface area contributed by atoms with Gasteiger partial charge in [-0.05, 0) is 62.8 Å². The molecule has 3 aromatic rings. The summed E-state index contributed by atoms with van der Waals surface area (Å²) in [6.07, 6.45) is 5.43. The zero-order valence-electron chi connectivity index (χ0n) is 25.3. The molecule has 0 N–H and O–H groups in total. The van der Waals surface area contributed by atoms with Crippen LogP contribution in [0.1, 0.15) is 62.4 Å². The van der Waals surface area contributed by atoms with Crippen molar-refractivity contribution in [2.24, 2.45) is 0 Å². The van der Waals surface area contributed by atoms with Gasteiger partial charge in [0.25, 0.3) is 5.88 Å². The fourth-order valence-corrected chi connectivity index (χ4v) is 4.56. The highest BCUT2D eigenvalue weighted by molar-refractivity contribution is 5.78. The van der Waals surface area contributed by atoms with E-state index in [4.69, 9.17) is 23.7 Å². The zero-order chi connectivity index (χ0) is 29.9. The summed E-state index contributed by atoms with van der Waals surface area (Å²) in [5.74, 6) is 2.55. The maximum atomic E-state index is 11.8. The normalized spacial score (nSPS) is 16.3. The minimum atomic E-state index is 0.0231. The van der Waals surface area contributed by atoms with E-state index in [9.17, 15) is 4.79 Å². The number of amides is 1. The molecule has 42 heavy (non-hydrogen) atoms. The molecule has 0 spiro atoms. The molecule has 0 aliphatic carbocycles. The zero-order valence-corrected chi connectivity index (χ0v) is 25.3. The maximum Gasteiger partial charge on any atom is 0.320 e. The van der Waals surface area contributed by atoms with E-state index in [2.05, 4.69) is 40.9 Å². The van der Waals surface area contributed by atoms with Crippen molar-refractivity contribution in [3.63, 3.8) is 0 Å². The number of rotatable bonds is 11. The first-order valence-electron chi connectivity index (χ1n) is 14.6. The molecule has 2 fully saturated rings. The quantitative estimate of drug-likeness (QED) is 0.285. The van der Waals surface area contributed by atoms with Crippen LogP contribution in [0.4, 0.5) is 0 Å². The smallest absolute Gasteiger partial charge is 0.320 e. The van der Waals surface area contributed by atoms with Gasteiger partial charge in [0.2, 0.25) is 11.7 Å². The summed E-state index contributed by atoms with van der Waals surface area (Å²) in [6, 6.07) is 11.7. The van der Waals surface area contributed by atoms with E-state index in [-0.39, 0.29) is 23.9 Å². The van der Waals surface area contributed by atoms with E-state index in [1.165, 1.54) is 5.56 Å². The maximum absolute atomic E-state index is 11.8. The average molecular weight is 579 g/mol. The summed E-state index contributed by atoms with van der Waals surface area (Å²) in [7, 11) is 1.59. The molecule has 10 nitrogen and oxygen atoms in total. The lowest BCUT2D eigenvalue weighted by atomic mass is 10.1. The molecule has 10 heteroatoms. The third-order valence-electron chi connectivity index (χ3n) is 7.06. The number of ether oxygens (including phenoxy) is 5. The minimum absolute atomic E-state index is 0.0231. The molecular weight excluding hydrogens is 536 g/mol. The highest BCUT2D eigenvalue weighted by atomic mass is 16.6. The molecule has 0 saturated carbocycles. The first kappa shape index (κ1) is 31.0. The van der Waals surface area contributed by atoms with Gasteiger partial charge in [0, 0.05) is 31.5 Å². The van der Waals surface area contributed by atoms with Crippen molar-refractivity contribution in [2.45, 2.75) is 65.4 Å². The van der Waals surface area contributed by atoms with Crippen molar-refractivity contribution in [3.05, 3.63) is 59.5 Å². The second kappa shape index (κ2) is 15.3. The van der Waals surface area contributed by atoms with Gasteiger partial charge in [0.1, 0.15) is 13.2 Å². The van der Waals surface area contributed by atoms with Crippen LogP contribution in [0.3, 0.4) is 0 Å². The molecule has 0 bridgehead atoms. The number of carbonyl (C=O) groups excluding carboxylic acids is 1. The second-order valence-electron chi connectivity index (χ2n) is 10.6. The Morgan fingerprint density at radius 2 is 1.86 bits per heavy atom. The molecule has 2 aliphatic rings. The lowest BCUT2D eigenvalue weighted by Gasteiger charge is -2.18. The van der Waals surface area contributed by atoms with E-state index in [1.54, 1.807) is 18.1 Å². The van der Waals surface area contributed by atoms with Crippen LogP contribution in [-0.4, -0.2) is 71.9 Å². The SMILES string of the molecule is COc1ccccc1Oc1c(C)nc(OCCN2CCCC2=O)nc1OCC1CCCO1.Cc1ccc(C(C)C)cn1. The molecule has 1 unspecified atom stereocenters. The van der Waals surface area contributed by atoms with Gasteiger partial charge in [0.15, 0.2) is 11.5 Å². The van der Waals surface area contributed by atoms with Crippen LogP contribution in [0.5, 0.6) is 29.1 Å².